The predicted molar refractivity (Wildman–Crippen MR) is 131 cm³/mol. The number of nitrogens with one attached hydrogen (secondary N) is 2. The second-order valence-corrected chi connectivity index (χ2v) is 8.99. The van der Waals surface area contributed by atoms with Crippen molar-refractivity contribution in [3.63, 3.8) is 0 Å². The number of carbonyl (C=O) groups excluding carboxylic acids is 1. The third-order valence-electron chi connectivity index (χ3n) is 5.54. The van der Waals surface area contributed by atoms with E-state index in [9.17, 15) is 4.79 Å². The Kier molecular flexibility index (Phi) is 6.72. The number of aromatic nitrogens is 6. The molecule has 0 unspecified atom stereocenters. The molecule has 1 fully saturated rings. The summed E-state index contributed by atoms with van der Waals surface area (Å²) in [6.07, 6.45) is 1.81. The molecule has 34 heavy (non-hydrogen) atoms. The van der Waals surface area contributed by atoms with Crippen LogP contribution in [0.3, 0.4) is 0 Å². The molecule has 11 heteroatoms. The number of anilines is 1. The van der Waals surface area contributed by atoms with Crippen LogP contribution in [-0.4, -0.2) is 74.5 Å². The summed E-state index contributed by atoms with van der Waals surface area (Å²) in [6.45, 7) is 5.92. The number of thioether (sulfide) groups is 1. The zero-order valence-corrected chi connectivity index (χ0v) is 19.7. The second-order valence-electron chi connectivity index (χ2n) is 7.76. The monoisotopic (exact) mass is 478 g/mol. The minimum atomic E-state index is -0.211. The Morgan fingerprint density at radius 2 is 2.03 bits per heavy atom. The van der Waals surface area contributed by atoms with Crippen molar-refractivity contribution in [1.29, 1.82) is 0 Å². The summed E-state index contributed by atoms with van der Waals surface area (Å²) in [4.78, 5) is 24.4. The Balaban J connectivity index is 1.29. The van der Waals surface area contributed by atoms with Gasteiger partial charge in [0.2, 0.25) is 0 Å². The average molecular weight is 479 g/mol. The number of hydrogen-bond donors (Lipinski definition) is 2. The summed E-state index contributed by atoms with van der Waals surface area (Å²) in [7, 11) is 0. The number of fused-ring (bicyclic) bond motifs is 1. The molecular weight excluding hydrogens is 452 g/mol. The van der Waals surface area contributed by atoms with Crippen LogP contribution in [0.2, 0.25) is 0 Å². The lowest BCUT2D eigenvalue weighted by Gasteiger charge is -2.28. The molecule has 4 heterocycles. The molecule has 0 bridgehead atoms. The van der Waals surface area contributed by atoms with Crippen LogP contribution in [0.5, 0.6) is 0 Å². The van der Waals surface area contributed by atoms with Gasteiger partial charge in [0, 0.05) is 25.2 Å². The zero-order chi connectivity index (χ0) is 23.3. The maximum atomic E-state index is 12.6. The molecule has 1 aliphatic rings. The highest BCUT2D eigenvalue weighted by atomic mass is 32.2. The van der Waals surface area contributed by atoms with E-state index in [4.69, 9.17) is 14.7 Å². The molecule has 3 aromatic heterocycles. The van der Waals surface area contributed by atoms with Crippen molar-refractivity contribution in [1.82, 2.24) is 35.3 Å². The summed E-state index contributed by atoms with van der Waals surface area (Å²) < 4.78 is 7.32. The molecule has 4 aromatic rings. The standard InChI is InChI=1S/C23H26N8O2S/c1-2-34-23-26-20(30-10-12-33-13-11-30)17-15-25-31(21(17)27-23)9-8-24-22(32)19-14-18(28-29-19)16-6-4-3-5-7-16/h3-7,14-15H,2,8-13H2,1H3,(H,24,32)(H,28,29). The van der Waals surface area contributed by atoms with Gasteiger partial charge in [0.15, 0.2) is 10.8 Å². The van der Waals surface area contributed by atoms with Gasteiger partial charge in [-0.15, -0.1) is 0 Å². The number of rotatable bonds is 8. The number of morpholine rings is 1. The van der Waals surface area contributed by atoms with E-state index >= 15 is 0 Å². The van der Waals surface area contributed by atoms with Crippen LogP contribution in [-0.2, 0) is 11.3 Å². The van der Waals surface area contributed by atoms with Gasteiger partial charge in [-0.05, 0) is 11.8 Å². The fourth-order valence-corrected chi connectivity index (χ4v) is 4.42. The first-order valence-corrected chi connectivity index (χ1v) is 12.3. The zero-order valence-electron chi connectivity index (χ0n) is 18.9. The molecule has 0 radical (unpaired) electrons. The van der Waals surface area contributed by atoms with E-state index in [1.165, 1.54) is 0 Å². The second kappa shape index (κ2) is 10.2. The fourth-order valence-electron chi connectivity index (χ4n) is 3.86. The van der Waals surface area contributed by atoms with E-state index in [-0.39, 0.29) is 5.91 Å². The Morgan fingerprint density at radius 1 is 1.21 bits per heavy atom. The van der Waals surface area contributed by atoms with Gasteiger partial charge in [0.05, 0.1) is 37.0 Å². The summed E-state index contributed by atoms with van der Waals surface area (Å²) in [6, 6.07) is 11.5. The van der Waals surface area contributed by atoms with E-state index in [0.29, 0.717) is 32.0 Å². The molecule has 2 N–H and O–H groups in total. The van der Waals surface area contributed by atoms with Gasteiger partial charge in [-0.25, -0.2) is 14.6 Å². The lowest BCUT2D eigenvalue weighted by Crippen LogP contribution is -2.37. The smallest absolute Gasteiger partial charge is 0.269 e. The molecular formula is C23H26N8O2S. The van der Waals surface area contributed by atoms with E-state index in [0.717, 1.165) is 52.1 Å². The largest absolute Gasteiger partial charge is 0.378 e. The topological polar surface area (TPSA) is 114 Å². The highest BCUT2D eigenvalue weighted by Crippen LogP contribution is 2.27. The highest BCUT2D eigenvalue weighted by molar-refractivity contribution is 7.99. The third-order valence-corrected chi connectivity index (χ3v) is 6.27. The molecule has 0 atom stereocenters. The van der Waals surface area contributed by atoms with Crippen LogP contribution < -0.4 is 10.2 Å². The van der Waals surface area contributed by atoms with Crippen molar-refractivity contribution < 1.29 is 9.53 Å². The quantitative estimate of drug-likeness (QED) is 0.293. The highest BCUT2D eigenvalue weighted by Gasteiger charge is 2.20. The molecule has 1 amide bonds. The van der Waals surface area contributed by atoms with Crippen molar-refractivity contribution in [2.75, 3.05) is 43.5 Å². The third kappa shape index (κ3) is 4.75. The number of ether oxygens (including phenoxy) is 1. The molecule has 1 aliphatic heterocycles. The van der Waals surface area contributed by atoms with Gasteiger partial charge in [-0.3, -0.25) is 9.89 Å². The molecule has 10 nitrogen and oxygen atoms in total. The fraction of sp³-hybridized carbons (Fsp3) is 0.348. The SMILES string of the molecule is CCSc1nc(N2CCOCC2)c2cnn(CCNC(=O)c3cc(-c4ccccc4)n[nH]3)c2n1. The lowest BCUT2D eigenvalue weighted by molar-refractivity contribution is 0.0947. The van der Waals surface area contributed by atoms with Crippen molar-refractivity contribution >= 4 is 34.5 Å². The van der Waals surface area contributed by atoms with Gasteiger partial charge < -0.3 is 15.0 Å². The summed E-state index contributed by atoms with van der Waals surface area (Å²) in [5, 5.41) is 16.2. The molecule has 0 aliphatic carbocycles. The van der Waals surface area contributed by atoms with Crippen LogP contribution in [0.25, 0.3) is 22.3 Å². The van der Waals surface area contributed by atoms with E-state index in [1.54, 1.807) is 17.8 Å². The minimum absolute atomic E-state index is 0.211. The van der Waals surface area contributed by atoms with Crippen molar-refractivity contribution in [3.05, 3.63) is 48.3 Å². The van der Waals surface area contributed by atoms with Crippen LogP contribution in [0.15, 0.2) is 47.8 Å². The van der Waals surface area contributed by atoms with Crippen LogP contribution in [0, 0.1) is 0 Å². The number of amides is 1. The van der Waals surface area contributed by atoms with E-state index in [2.05, 4.69) is 32.4 Å². The number of benzene rings is 1. The van der Waals surface area contributed by atoms with Crippen LogP contribution in [0.1, 0.15) is 17.4 Å². The molecule has 176 valence electrons. The number of nitrogens with zero attached hydrogens (tertiary/aromatic N) is 6. The molecule has 0 spiro atoms. The van der Waals surface area contributed by atoms with Gasteiger partial charge in [0.1, 0.15) is 11.5 Å². The van der Waals surface area contributed by atoms with Crippen LogP contribution in [0.4, 0.5) is 5.82 Å². The minimum Gasteiger partial charge on any atom is -0.378 e. The number of hydrogen-bond acceptors (Lipinski definition) is 8. The summed E-state index contributed by atoms with van der Waals surface area (Å²) in [5.74, 6) is 1.57. The normalized spacial score (nSPS) is 14.0. The summed E-state index contributed by atoms with van der Waals surface area (Å²) in [5.41, 5.74) is 2.88. The average Bonchev–Trinajstić information content (AvgIpc) is 3.53. The van der Waals surface area contributed by atoms with Crippen LogP contribution >= 0.6 is 11.8 Å². The molecule has 5 rings (SSSR count). The maximum Gasteiger partial charge on any atom is 0.269 e. The Morgan fingerprint density at radius 3 is 2.82 bits per heavy atom. The van der Waals surface area contributed by atoms with E-state index in [1.807, 2.05) is 41.2 Å². The first-order chi connectivity index (χ1) is 16.7. The number of H-pyrrole nitrogens is 1. The number of aromatic amines is 1. The van der Waals surface area contributed by atoms with Gasteiger partial charge >= 0.3 is 0 Å². The lowest BCUT2D eigenvalue weighted by atomic mass is 10.1. The van der Waals surface area contributed by atoms with Crippen molar-refractivity contribution in [2.24, 2.45) is 0 Å². The number of carbonyl (C=O) groups is 1. The van der Waals surface area contributed by atoms with Gasteiger partial charge in [-0.2, -0.15) is 10.2 Å². The first-order valence-electron chi connectivity index (χ1n) is 11.3. The summed E-state index contributed by atoms with van der Waals surface area (Å²) >= 11 is 1.60. The molecule has 1 aromatic carbocycles. The maximum absolute atomic E-state index is 12.6. The Hall–Kier alpha value is -3.44. The first kappa shape index (κ1) is 22.4. The molecule has 0 saturated carbocycles. The Bertz CT molecular complexity index is 1270. The van der Waals surface area contributed by atoms with E-state index < -0.39 is 0 Å². The Labute approximate surface area is 201 Å². The predicted octanol–water partition coefficient (Wildman–Crippen LogP) is 2.59. The van der Waals surface area contributed by atoms with Gasteiger partial charge in [0.25, 0.3) is 5.91 Å². The van der Waals surface area contributed by atoms with Gasteiger partial charge in [-0.1, -0.05) is 49.0 Å². The van der Waals surface area contributed by atoms with Crippen molar-refractivity contribution in [3.8, 4) is 11.3 Å². The molecule has 1 saturated heterocycles. The van der Waals surface area contributed by atoms with Crippen molar-refractivity contribution in [2.45, 2.75) is 18.6 Å².